The van der Waals surface area contributed by atoms with E-state index in [1.165, 1.54) is 13.8 Å². The smallest absolute Gasteiger partial charge is 0.217 e. The van der Waals surface area contributed by atoms with Gasteiger partial charge in [-0.1, -0.05) is 18.2 Å². The topological polar surface area (TPSA) is 58.2 Å². The van der Waals surface area contributed by atoms with Gasteiger partial charge in [-0.25, -0.2) is 0 Å². The van der Waals surface area contributed by atoms with Crippen LogP contribution in [0.4, 0.5) is 0 Å². The van der Waals surface area contributed by atoms with Gasteiger partial charge in [0.2, 0.25) is 11.8 Å². The van der Waals surface area contributed by atoms with Crippen LogP contribution < -0.4 is 10.6 Å². The maximum atomic E-state index is 10.9. The fourth-order valence-electron chi connectivity index (χ4n) is 1.47. The molecule has 17 heavy (non-hydrogen) atoms. The molecule has 2 amide bonds. The molecule has 92 valence electrons. The van der Waals surface area contributed by atoms with Crippen molar-refractivity contribution in [2.24, 2.45) is 0 Å². The molecule has 4 heteroatoms. The van der Waals surface area contributed by atoms with Crippen LogP contribution in [0.5, 0.6) is 0 Å². The average molecular weight is 234 g/mol. The second-order valence-electron chi connectivity index (χ2n) is 4.08. The van der Waals surface area contributed by atoms with E-state index in [1.807, 2.05) is 25.1 Å². The highest BCUT2D eigenvalue weighted by Gasteiger charge is 2.02. The molecule has 0 aromatic heterocycles. The van der Waals surface area contributed by atoms with Gasteiger partial charge in [-0.3, -0.25) is 9.59 Å². The number of amides is 2. The minimum atomic E-state index is -0.0472. The molecule has 0 saturated heterocycles. The molecule has 0 aliphatic heterocycles. The van der Waals surface area contributed by atoms with Gasteiger partial charge in [0, 0.05) is 26.9 Å². The minimum absolute atomic E-state index is 0.0448. The molecule has 0 spiro atoms. The van der Waals surface area contributed by atoms with Crippen LogP contribution in [0.2, 0.25) is 0 Å². The number of benzene rings is 1. The molecule has 0 atom stereocenters. The Labute approximate surface area is 101 Å². The van der Waals surface area contributed by atoms with E-state index in [9.17, 15) is 9.59 Å². The summed E-state index contributed by atoms with van der Waals surface area (Å²) >= 11 is 0. The van der Waals surface area contributed by atoms with Crippen molar-refractivity contribution in [1.29, 1.82) is 0 Å². The first kappa shape index (κ1) is 13.2. The van der Waals surface area contributed by atoms with E-state index in [4.69, 9.17) is 0 Å². The Balaban J connectivity index is 2.71. The Morgan fingerprint density at radius 3 is 2.24 bits per heavy atom. The molecule has 0 saturated carbocycles. The summed E-state index contributed by atoms with van der Waals surface area (Å²) in [6, 6.07) is 5.97. The molecule has 0 radical (unpaired) electrons. The molecule has 4 nitrogen and oxygen atoms in total. The molecule has 1 aromatic rings. The number of nitrogens with one attached hydrogen (secondary N) is 2. The zero-order valence-electron chi connectivity index (χ0n) is 10.5. The second-order valence-corrected chi connectivity index (χ2v) is 4.08. The van der Waals surface area contributed by atoms with Crippen molar-refractivity contribution in [3.8, 4) is 0 Å². The Morgan fingerprint density at radius 2 is 1.65 bits per heavy atom. The lowest BCUT2D eigenvalue weighted by Gasteiger charge is -2.09. The van der Waals surface area contributed by atoms with Gasteiger partial charge in [-0.15, -0.1) is 0 Å². The van der Waals surface area contributed by atoms with Gasteiger partial charge in [0.05, 0.1) is 0 Å². The summed E-state index contributed by atoms with van der Waals surface area (Å²) in [4.78, 5) is 21.7. The standard InChI is InChI=1S/C13H18N2O2/c1-9-4-5-12(7-14-10(2)16)6-13(9)8-15-11(3)17/h4-6H,7-8H2,1-3H3,(H,14,16)(H,15,17). The van der Waals surface area contributed by atoms with Gasteiger partial charge < -0.3 is 10.6 Å². The molecule has 0 aliphatic rings. The van der Waals surface area contributed by atoms with Crippen molar-refractivity contribution in [3.63, 3.8) is 0 Å². The van der Waals surface area contributed by atoms with E-state index in [-0.39, 0.29) is 11.8 Å². The van der Waals surface area contributed by atoms with Crippen molar-refractivity contribution in [2.45, 2.75) is 33.9 Å². The third-order valence-corrected chi connectivity index (χ3v) is 2.48. The Bertz CT molecular complexity index is 427. The summed E-state index contributed by atoms with van der Waals surface area (Å²) in [5.74, 6) is -0.0920. The first-order valence-corrected chi connectivity index (χ1v) is 5.56. The summed E-state index contributed by atoms with van der Waals surface area (Å²) in [6.45, 7) is 6.03. The third kappa shape index (κ3) is 4.68. The molecule has 0 aliphatic carbocycles. The Morgan fingerprint density at radius 1 is 1.06 bits per heavy atom. The molecule has 1 aromatic carbocycles. The number of hydrogen-bond donors (Lipinski definition) is 2. The molecule has 2 N–H and O–H groups in total. The monoisotopic (exact) mass is 234 g/mol. The van der Waals surface area contributed by atoms with Crippen molar-refractivity contribution >= 4 is 11.8 Å². The molecule has 0 bridgehead atoms. The number of carbonyl (C=O) groups excluding carboxylic acids is 2. The van der Waals surface area contributed by atoms with E-state index in [0.717, 1.165) is 16.7 Å². The van der Waals surface area contributed by atoms with E-state index >= 15 is 0 Å². The van der Waals surface area contributed by atoms with Crippen molar-refractivity contribution in [2.75, 3.05) is 0 Å². The maximum absolute atomic E-state index is 10.9. The van der Waals surface area contributed by atoms with Gasteiger partial charge in [-0.05, 0) is 23.6 Å². The molecule has 0 unspecified atom stereocenters. The van der Waals surface area contributed by atoms with E-state index < -0.39 is 0 Å². The van der Waals surface area contributed by atoms with Crippen molar-refractivity contribution < 1.29 is 9.59 Å². The molecule has 1 rings (SSSR count). The van der Waals surface area contributed by atoms with Gasteiger partial charge in [0.25, 0.3) is 0 Å². The number of rotatable bonds is 4. The fraction of sp³-hybridized carbons (Fsp3) is 0.385. The summed E-state index contributed by atoms with van der Waals surface area (Å²) in [7, 11) is 0. The predicted octanol–water partition coefficient (Wildman–Crippen LogP) is 1.27. The normalized spacial score (nSPS) is 9.82. The SMILES string of the molecule is CC(=O)NCc1ccc(C)c(CNC(C)=O)c1. The van der Waals surface area contributed by atoms with Crippen LogP contribution in [0.15, 0.2) is 18.2 Å². The summed E-state index contributed by atoms with van der Waals surface area (Å²) in [5, 5.41) is 5.52. The zero-order chi connectivity index (χ0) is 12.8. The Hall–Kier alpha value is -1.84. The fourth-order valence-corrected chi connectivity index (χ4v) is 1.47. The molecule has 0 fully saturated rings. The van der Waals surface area contributed by atoms with Crippen molar-refractivity contribution in [1.82, 2.24) is 10.6 Å². The van der Waals surface area contributed by atoms with Crippen LogP contribution in [0.1, 0.15) is 30.5 Å². The number of hydrogen-bond acceptors (Lipinski definition) is 2. The van der Waals surface area contributed by atoms with Gasteiger partial charge in [0.1, 0.15) is 0 Å². The van der Waals surface area contributed by atoms with Crippen molar-refractivity contribution in [3.05, 3.63) is 34.9 Å². The lowest BCUT2D eigenvalue weighted by molar-refractivity contribution is -0.119. The van der Waals surface area contributed by atoms with Crippen LogP contribution in [-0.4, -0.2) is 11.8 Å². The van der Waals surface area contributed by atoms with Crippen LogP contribution in [-0.2, 0) is 22.7 Å². The summed E-state index contributed by atoms with van der Waals surface area (Å²) in [6.07, 6.45) is 0. The van der Waals surface area contributed by atoms with E-state index in [2.05, 4.69) is 10.6 Å². The van der Waals surface area contributed by atoms with E-state index in [0.29, 0.717) is 13.1 Å². The first-order chi connectivity index (χ1) is 7.99. The highest BCUT2D eigenvalue weighted by molar-refractivity contribution is 5.73. The lowest BCUT2D eigenvalue weighted by Crippen LogP contribution is -2.21. The summed E-state index contributed by atoms with van der Waals surface area (Å²) in [5.41, 5.74) is 3.24. The molecular weight excluding hydrogens is 216 g/mol. The highest BCUT2D eigenvalue weighted by Crippen LogP contribution is 2.11. The average Bonchev–Trinajstić information content (AvgIpc) is 2.26. The van der Waals surface area contributed by atoms with Gasteiger partial charge in [0.15, 0.2) is 0 Å². The quantitative estimate of drug-likeness (QED) is 0.824. The van der Waals surface area contributed by atoms with Gasteiger partial charge in [-0.2, -0.15) is 0 Å². The Kier molecular flexibility index (Phi) is 4.69. The van der Waals surface area contributed by atoms with E-state index in [1.54, 1.807) is 0 Å². The zero-order valence-corrected chi connectivity index (χ0v) is 10.5. The molecular formula is C13H18N2O2. The third-order valence-electron chi connectivity index (χ3n) is 2.48. The summed E-state index contributed by atoms with van der Waals surface area (Å²) < 4.78 is 0. The highest BCUT2D eigenvalue weighted by atomic mass is 16.1. The van der Waals surface area contributed by atoms with Crippen LogP contribution in [0.3, 0.4) is 0 Å². The van der Waals surface area contributed by atoms with Crippen LogP contribution in [0, 0.1) is 6.92 Å². The molecule has 0 heterocycles. The maximum Gasteiger partial charge on any atom is 0.217 e. The number of aryl methyl sites for hydroxylation is 1. The lowest BCUT2D eigenvalue weighted by atomic mass is 10.0. The van der Waals surface area contributed by atoms with Gasteiger partial charge >= 0.3 is 0 Å². The van der Waals surface area contributed by atoms with Crippen LogP contribution in [0.25, 0.3) is 0 Å². The first-order valence-electron chi connectivity index (χ1n) is 5.56. The second kappa shape index (κ2) is 6.03. The predicted molar refractivity (Wildman–Crippen MR) is 66.2 cm³/mol. The minimum Gasteiger partial charge on any atom is -0.352 e. The number of carbonyl (C=O) groups is 2. The van der Waals surface area contributed by atoms with Crippen LogP contribution >= 0.6 is 0 Å². The largest absolute Gasteiger partial charge is 0.352 e.